The summed E-state index contributed by atoms with van der Waals surface area (Å²) < 4.78 is 0. The SMILES string of the molecule is CC1(CC=O)CCCCC1O. The topological polar surface area (TPSA) is 37.3 Å². The third-order valence-corrected chi connectivity index (χ3v) is 2.83. The number of rotatable bonds is 2. The van der Waals surface area contributed by atoms with Gasteiger partial charge in [0.2, 0.25) is 0 Å². The van der Waals surface area contributed by atoms with Crippen LogP contribution in [-0.4, -0.2) is 17.5 Å². The Hall–Kier alpha value is -0.370. The van der Waals surface area contributed by atoms with Crippen LogP contribution in [0.5, 0.6) is 0 Å². The van der Waals surface area contributed by atoms with Gasteiger partial charge in [-0.1, -0.05) is 19.8 Å². The summed E-state index contributed by atoms with van der Waals surface area (Å²) in [5.74, 6) is 0. The molecule has 0 bridgehead atoms. The third kappa shape index (κ3) is 1.80. The molecule has 1 aliphatic rings. The van der Waals surface area contributed by atoms with E-state index < -0.39 is 0 Å². The fraction of sp³-hybridized carbons (Fsp3) is 0.889. The van der Waals surface area contributed by atoms with E-state index in [0.29, 0.717) is 6.42 Å². The van der Waals surface area contributed by atoms with E-state index in [0.717, 1.165) is 32.0 Å². The van der Waals surface area contributed by atoms with Gasteiger partial charge in [-0.05, 0) is 12.8 Å². The van der Waals surface area contributed by atoms with E-state index in [4.69, 9.17) is 0 Å². The van der Waals surface area contributed by atoms with Crippen LogP contribution in [-0.2, 0) is 4.79 Å². The average molecular weight is 156 g/mol. The zero-order chi connectivity index (χ0) is 8.32. The molecule has 64 valence electrons. The van der Waals surface area contributed by atoms with Gasteiger partial charge in [0.1, 0.15) is 6.29 Å². The molecule has 11 heavy (non-hydrogen) atoms. The van der Waals surface area contributed by atoms with Crippen molar-refractivity contribution >= 4 is 6.29 Å². The molecule has 1 rings (SSSR count). The lowest BCUT2D eigenvalue weighted by Crippen LogP contribution is -2.35. The number of aliphatic hydroxyl groups is 1. The lowest BCUT2D eigenvalue weighted by Gasteiger charge is -2.36. The van der Waals surface area contributed by atoms with Gasteiger partial charge in [-0.15, -0.1) is 0 Å². The molecule has 2 atom stereocenters. The maximum Gasteiger partial charge on any atom is 0.120 e. The minimum Gasteiger partial charge on any atom is -0.393 e. The normalized spacial score (nSPS) is 38.5. The Labute approximate surface area is 67.6 Å². The number of hydrogen-bond donors (Lipinski definition) is 1. The van der Waals surface area contributed by atoms with Crippen LogP contribution in [0.4, 0.5) is 0 Å². The maximum absolute atomic E-state index is 10.3. The van der Waals surface area contributed by atoms with Crippen molar-refractivity contribution in [3.8, 4) is 0 Å². The summed E-state index contributed by atoms with van der Waals surface area (Å²) >= 11 is 0. The summed E-state index contributed by atoms with van der Waals surface area (Å²) in [6.45, 7) is 2.01. The zero-order valence-corrected chi connectivity index (χ0v) is 7.05. The largest absolute Gasteiger partial charge is 0.393 e. The Morgan fingerprint density at radius 1 is 1.64 bits per heavy atom. The maximum atomic E-state index is 10.3. The van der Waals surface area contributed by atoms with E-state index in [-0.39, 0.29) is 11.5 Å². The fourth-order valence-electron chi connectivity index (χ4n) is 1.81. The monoisotopic (exact) mass is 156 g/mol. The first-order chi connectivity index (χ1) is 5.19. The van der Waals surface area contributed by atoms with Crippen LogP contribution in [0.3, 0.4) is 0 Å². The van der Waals surface area contributed by atoms with Gasteiger partial charge in [-0.25, -0.2) is 0 Å². The molecule has 2 nitrogen and oxygen atoms in total. The molecule has 0 radical (unpaired) electrons. The first-order valence-corrected chi connectivity index (χ1v) is 4.31. The van der Waals surface area contributed by atoms with Crippen LogP contribution >= 0.6 is 0 Å². The molecule has 1 N–H and O–H groups in total. The predicted octanol–water partition coefficient (Wildman–Crippen LogP) is 1.52. The fourth-order valence-corrected chi connectivity index (χ4v) is 1.81. The standard InChI is InChI=1S/C9H16O2/c1-9(6-7-10)5-3-2-4-8(9)11/h7-8,11H,2-6H2,1H3. The molecular weight excluding hydrogens is 140 g/mol. The van der Waals surface area contributed by atoms with Crippen molar-refractivity contribution < 1.29 is 9.90 Å². The second-order valence-corrected chi connectivity index (χ2v) is 3.79. The smallest absolute Gasteiger partial charge is 0.120 e. The first kappa shape index (κ1) is 8.72. The highest BCUT2D eigenvalue weighted by Crippen LogP contribution is 2.38. The quantitative estimate of drug-likeness (QED) is 0.615. The van der Waals surface area contributed by atoms with Gasteiger partial charge in [0.15, 0.2) is 0 Å². The number of aldehydes is 1. The summed E-state index contributed by atoms with van der Waals surface area (Å²) in [4.78, 5) is 10.3. The molecule has 0 aliphatic heterocycles. The molecule has 1 saturated carbocycles. The molecular formula is C9H16O2. The molecule has 2 heteroatoms. The molecule has 0 aromatic carbocycles. The molecule has 1 fully saturated rings. The second-order valence-electron chi connectivity index (χ2n) is 3.79. The molecule has 2 unspecified atom stereocenters. The molecule has 0 aromatic heterocycles. The minimum absolute atomic E-state index is 0.125. The van der Waals surface area contributed by atoms with Crippen LogP contribution in [0.1, 0.15) is 39.0 Å². The molecule has 0 amide bonds. The molecule has 0 saturated heterocycles. The second kappa shape index (κ2) is 3.35. The van der Waals surface area contributed by atoms with Crippen molar-refractivity contribution in [1.82, 2.24) is 0 Å². The van der Waals surface area contributed by atoms with E-state index in [1.165, 1.54) is 0 Å². The summed E-state index contributed by atoms with van der Waals surface area (Å²) in [6, 6.07) is 0. The van der Waals surface area contributed by atoms with Crippen molar-refractivity contribution in [2.24, 2.45) is 5.41 Å². The molecule has 0 spiro atoms. The van der Waals surface area contributed by atoms with Crippen LogP contribution in [0.15, 0.2) is 0 Å². The molecule has 0 heterocycles. The highest BCUT2D eigenvalue weighted by Gasteiger charge is 2.34. The van der Waals surface area contributed by atoms with Crippen molar-refractivity contribution in [2.75, 3.05) is 0 Å². The summed E-state index contributed by atoms with van der Waals surface area (Å²) in [7, 11) is 0. The van der Waals surface area contributed by atoms with Crippen molar-refractivity contribution in [3.05, 3.63) is 0 Å². The lowest BCUT2D eigenvalue weighted by molar-refractivity contribution is -0.112. The number of carbonyl (C=O) groups is 1. The lowest BCUT2D eigenvalue weighted by atomic mass is 9.71. The highest BCUT2D eigenvalue weighted by molar-refractivity contribution is 5.50. The van der Waals surface area contributed by atoms with E-state index >= 15 is 0 Å². The van der Waals surface area contributed by atoms with Gasteiger partial charge >= 0.3 is 0 Å². The average Bonchev–Trinajstić information content (AvgIpc) is 1.96. The minimum atomic E-state index is -0.263. The van der Waals surface area contributed by atoms with Crippen LogP contribution < -0.4 is 0 Å². The van der Waals surface area contributed by atoms with Crippen molar-refractivity contribution in [3.63, 3.8) is 0 Å². The summed E-state index contributed by atoms with van der Waals surface area (Å²) in [5.41, 5.74) is -0.125. The zero-order valence-electron chi connectivity index (χ0n) is 7.05. The Kier molecular flexibility index (Phi) is 2.66. The van der Waals surface area contributed by atoms with E-state index in [9.17, 15) is 9.90 Å². The van der Waals surface area contributed by atoms with E-state index in [1.807, 2.05) is 6.92 Å². The summed E-state index contributed by atoms with van der Waals surface area (Å²) in [6.07, 6.45) is 5.29. The Bertz CT molecular complexity index is 144. The van der Waals surface area contributed by atoms with Gasteiger partial charge in [0.25, 0.3) is 0 Å². The van der Waals surface area contributed by atoms with Gasteiger partial charge in [-0.3, -0.25) is 0 Å². The van der Waals surface area contributed by atoms with Gasteiger partial charge in [-0.2, -0.15) is 0 Å². The Morgan fingerprint density at radius 2 is 2.36 bits per heavy atom. The van der Waals surface area contributed by atoms with Crippen LogP contribution in [0, 0.1) is 5.41 Å². The molecule has 1 aliphatic carbocycles. The van der Waals surface area contributed by atoms with Crippen molar-refractivity contribution in [2.45, 2.75) is 45.1 Å². The van der Waals surface area contributed by atoms with E-state index in [1.54, 1.807) is 0 Å². The summed E-state index contributed by atoms with van der Waals surface area (Å²) in [5, 5.41) is 9.60. The number of carbonyl (C=O) groups excluding carboxylic acids is 1. The van der Waals surface area contributed by atoms with Gasteiger partial charge in [0.05, 0.1) is 6.10 Å². The molecule has 0 aromatic rings. The number of hydrogen-bond acceptors (Lipinski definition) is 2. The first-order valence-electron chi connectivity index (χ1n) is 4.31. The van der Waals surface area contributed by atoms with Gasteiger partial charge < -0.3 is 9.90 Å². The highest BCUT2D eigenvalue weighted by atomic mass is 16.3. The van der Waals surface area contributed by atoms with Crippen LogP contribution in [0.2, 0.25) is 0 Å². The Morgan fingerprint density at radius 3 is 2.91 bits per heavy atom. The van der Waals surface area contributed by atoms with Gasteiger partial charge in [0, 0.05) is 11.8 Å². The number of aliphatic hydroxyl groups excluding tert-OH is 1. The van der Waals surface area contributed by atoms with Crippen LogP contribution in [0.25, 0.3) is 0 Å². The third-order valence-electron chi connectivity index (χ3n) is 2.83. The predicted molar refractivity (Wildman–Crippen MR) is 43.3 cm³/mol. The Balaban J connectivity index is 2.56. The van der Waals surface area contributed by atoms with E-state index in [2.05, 4.69) is 0 Å². The van der Waals surface area contributed by atoms with Crippen molar-refractivity contribution in [1.29, 1.82) is 0 Å².